The lowest BCUT2D eigenvalue weighted by molar-refractivity contribution is -0.133. The molecule has 1 rings (SSSR count). The zero-order valence-electron chi connectivity index (χ0n) is 8.65. The number of ether oxygens (including phenoxy) is 1. The van der Waals surface area contributed by atoms with Crippen molar-refractivity contribution in [1.82, 2.24) is 0 Å². The van der Waals surface area contributed by atoms with Crippen LogP contribution in [0.2, 0.25) is 0 Å². The molecule has 3 nitrogen and oxygen atoms in total. The Bertz CT molecular complexity index is 412. The minimum absolute atomic E-state index is 0.650. The summed E-state index contributed by atoms with van der Waals surface area (Å²) >= 11 is 0. The Hall–Kier alpha value is -1.79. The summed E-state index contributed by atoms with van der Waals surface area (Å²) in [6, 6.07) is 7.33. The highest BCUT2D eigenvalue weighted by Gasteiger charge is 2.06. The van der Waals surface area contributed by atoms with Crippen LogP contribution in [0.4, 0.5) is 0 Å². The second-order valence-corrected chi connectivity index (χ2v) is 3.02. The lowest BCUT2D eigenvalue weighted by Gasteiger charge is -2.06. The minimum Gasteiger partial charge on any atom is -0.459 e. The van der Waals surface area contributed by atoms with Gasteiger partial charge in [0, 0.05) is 5.92 Å². The largest absolute Gasteiger partial charge is 0.459 e. The van der Waals surface area contributed by atoms with E-state index < -0.39 is 12.1 Å². The van der Waals surface area contributed by atoms with Crippen molar-refractivity contribution in [3.05, 3.63) is 35.4 Å². The molecule has 1 aromatic carbocycles. The van der Waals surface area contributed by atoms with E-state index in [4.69, 9.17) is 0 Å². The third-order valence-corrected chi connectivity index (χ3v) is 1.98. The van der Waals surface area contributed by atoms with E-state index in [-0.39, 0.29) is 0 Å². The molecule has 0 amide bonds. The van der Waals surface area contributed by atoms with Gasteiger partial charge in [0.1, 0.15) is 6.10 Å². The van der Waals surface area contributed by atoms with Gasteiger partial charge < -0.3 is 9.84 Å². The molecular weight excluding hydrogens is 192 g/mol. The van der Waals surface area contributed by atoms with Gasteiger partial charge in [0.2, 0.25) is 0 Å². The number of carbonyl (C=O) groups is 1. The van der Waals surface area contributed by atoms with E-state index in [0.29, 0.717) is 5.56 Å². The molecule has 1 N–H and O–H groups in total. The Labute approximate surface area is 88.7 Å². The number of aliphatic hydroxyl groups excluding tert-OH is 1. The number of hydrogen-bond acceptors (Lipinski definition) is 3. The molecule has 78 valence electrons. The predicted octanol–water partition coefficient (Wildman–Crippen LogP) is 1.20. The number of aliphatic hydroxyl groups is 1. The number of esters is 1. The zero-order chi connectivity index (χ0) is 11.3. The van der Waals surface area contributed by atoms with E-state index in [9.17, 15) is 9.90 Å². The van der Waals surface area contributed by atoms with E-state index in [0.717, 1.165) is 5.56 Å². The molecule has 1 atom stereocenters. The van der Waals surface area contributed by atoms with Crippen LogP contribution in [0.25, 0.3) is 0 Å². The van der Waals surface area contributed by atoms with Crippen molar-refractivity contribution >= 4 is 5.97 Å². The highest BCUT2D eigenvalue weighted by atomic mass is 16.5. The third-order valence-electron chi connectivity index (χ3n) is 1.98. The average molecular weight is 204 g/mol. The van der Waals surface area contributed by atoms with Crippen LogP contribution in [0, 0.1) is 18.8 Å². The molecule has 0 bridgehead atoms. The summed E-state index contributed by atoms with van der Waals surface area (Å²) in [7, 11) is 1.25. The molecule has 0 aliphatic heterocycles. The fourth-order valence-corrected chi connectivity index (χ4v) is 1.15. The minimum atomic E-state index is -0.953. The van der Waals surface area contributed by atoms with Crippen LogP contribution in [-0.4, -0.2) is 18.2 Å². The molecule has 0 aromatic heterocycles. The fraction of sp³-hybridized carbons (Fsp3) is 0.250. The van der Waals surface area contributed by atoms with Crippen molar-refractivity contribution < 1.29 is 14.6 Å². The highest BCUT2D eigenvalue weighted by Crippen LogP contribution is 2.15. The van der Waals surface area contributed by atoms with Crippen LogP contribution in [0.15, 0.2) is 24.3 Å². The first-order valence-corrected chi connectivity index (χ1v) is 4.48. The number of hydrogen-bond donors (Lipinski definition) is 1. The average Bonchev–Trinajstić information content (AvgIpc) is 2.26. The highest BCUT2D eigenvalue weighted by molar-refractivity contribution is 5.88. The van der Waals surface area contributed by atoms with Crippen molar-refractivity contribution in [1.29, 1.82) is 0 Å². The SMILES string of the molecule is COC(=O)C#C[C@H](O)c1ccccc1C. The maximum absolute atomic E-state index is 10.7. The maximum Gasteiger partial charge on any atom is 0.384 e. The third kappa shape index (κ3) is 3.12. The second-order valence-electron chi connectivity index (χ2n) is 3.02. The Kier molecular flexibility index (Phi) is 3.90. The molecule has 15 heavy (non-hydrogen) atoms. The van der Waals surface area contributed by atoms with Crippen molar-refractivity contribution in [2.75, 3.05) is 7.11 Å². The second kappa shape index (κ2) is 5.18. The van der Waals surface area contributed by atoms with Gasteiger partial charge in [-0.2, -0.15) is 0 Å². The van der Waals surface area contributed by atoms with Gasteiger partial charge in [-0.15, -0.1) is 0 Å². The molecule has 0 saturated carbocycles. The molecular formula is C12H12O3. The van der Waals surface area contributed by atoms with Gasteiger partial charge in [-0.25, -0.2) is 4.79 Å². The number of carbonyl (C=O) groups excluding carboxylic acids is 1. The molecule has 0 fully saturated rings. The van der Waals surface area contributed by atoms with Gasteiger partial charge in [0.25, 0.3) is 0 Å². The van der Waals surface area contributed by atoms with E-state index in [1.54, 1.807) is 6.07 Å². The first kappa shape index (κ1) is 11.3. The van der Waals surface area contributed by atoms with Gasteiger partial charge in [-0.3, -0.25) is 0 Å². The Morgan fingerprint density at radius 3 is 2.73 bits per heavy atom. The molecule has 3 heteroatoms. The normalized spacial score (nSPS) is 11.1. The van der Waals surface area contributed by atoms with Crippen LogP contribution in [0.5, 0.6) is 0 Å². The van der Waals surface area contributed by atoms with E-state index in [1.807, 2.05) is 25.1 Å². The lowest BCUT2D eigenvalue weighted by atomic mass is 10.0. The molecule has 1 aromatic rings. The molecule has 0 aliphatic rings. The quantitative estimate of drug-likeness (QED) is 0.425. The Balaban J connectivity index is 2.85. The number of rotatable bonds is 1. The van der Waals surface area contributed by atoms with Crippen molar-refractivity contribution in [3.8, 4) is 11.8 Å². The molecule has 0 spiro atoms. The zero-order valence-corrected chi connectivity index (χ0v) is 8.65. The summed E-state index contributed by atoms with van der Waals surface area (Å²) in [6.45, 7) is 1.87. The molecule has 0 unspecified atom stereocenters. The number of benzene rings is 1. The summed E-state index contributed by atoms with van der Waals surface area (Å²) < 4.78 is 4.34. The van der Waals surface area contributed by atoms with Gasteiger partial charge in [-0.05, 0) is 18.1 Å². The van der Waals surface area contributed by atoms with Crippen molar-refractivity contribution in [2.24, 2.45) is 0 Å². The molecule has 0 heterocycles. The van der Waals surface area contributed by atoms with Crippen molar-refractivity contribution in [3.63, 3.8) is 0 Å². The van der Waals surface area contributed by atoms with E-state index >= 15 is 0 Å². The topological polar surface area (TPSA) is 46.5 Å². The number of aryl methyl sites for hydroxylation is 1. The van der Waals surface area contributed by atoms with E-state index in [2.05, 4.69) is 16.6 Å². The summed E-state index contributed by atoms with van der Waals surface area (Å²) in [4.78, 5) is 10.7. The standard InChI is InChI=1S/C12H12O3/c1-9-5-3-4-6-10(9)11(13)7-8-12(14)15-2/h3-6,11,13H,1-2H3/t11-/m0/s1. The summed E-state index contributed by atoms with van der Waals surface area (Å²) in [5, 5.41) is 9.66. The summed E-state index contributed by atoms with van der Waals surface area (Å²) in [6.07, 6.45) is -0.953. The Morgan fingerprint density at radius 2 is 2.13 bits per heavy atom. The summed E-state index contributed by atoms with van der Waals surface area (Å²) in [5.74, 6) is 3.97. The predicted molar refractivity (Wildman–Crippen MR) is 55.9 cm³/mol. The van der Waals surface area contributed by atoms with Gasteiger partial charge in [0.05, 0.1) is 7.11 Å². The van der Waals surface area contributed by atoms with Gasteiger partial charge >= 0.3 is 5.97 Å². The van der Waals surface area contributed by atoms with E-state index in [1.165, 1.54) is 7.11 Å². The first-order chi connectivity index (χ1) is 7.15. The molecule has 0 aliphatic carbocycles. The molecule has 0 radical (unpaired) electrons. The fourth-order valence-electron chi connectivity index (χ4n) is 1.15. The smallest absolute Gasteiger partial charge is 0.384 e. The van der Waals surface area contributed by atoms with Crippen LogP contribution >= 0.6 is 0 Å². The van der Waals surface area contributed by atoms with Gasteiger partial charge in [-0.1, -0.05) is 30.2 Å². The Morgan fingerprint density at radius 1 is 1.47 bits per heavy atom. The van der Waals surface area contributed by atoms with Gasteiger partial charge in [0.15, 0.2) is 0 Å². The van der Waals surface area contributed by atoms with Crippen molar-refractivity contribution in [2.45, 2.75) is 13.0 Å². The monoisotopic (exact) mass is 204 g/mol. The maximum atomic E-state index is 10.7. The van der Waals surface area contributed by atoms with Crippen LogP contribution in [0.3, 0.4) is 0 Å². The first-order valence-electron chi connectivity index (χ1n) is 4.48. The summed E-state index contributed by atoms with van der Waals surface area (Å²) in [5.41, 5.74) is 1.64. The van der Waals surface area contributed by atoms with Crippen LogP contribution in [-0.2, 0) is 9.53 Å². The van der Waals surface area contributed by atoms with Crippen LogP contribution < -0.4 is 0 Å². The number of methoxy groups -OCH3 is 1. The molecule has 0 saturated heterocycles. The lowest BCUT2D eigenvalue weighted by Crippen LogP contribution is -1.99. The van der Waals surface area contributed by atoms with Crippen LogP contribution in [0.1, 0.15) is 17.2 Å².